The molecule has 1 saturated carbocycles. The Hall–Kier alpha value is -0.770. The van der Waals surface area contributed by atoms with Crippen molar-refractivity contribution in [3.8, 4) is 0 Å². The maximum Gasteiger partial charge on any atom is 0.410 e. The van der Waals surface area contributed by atoms with Gasteiger partial charge in [-0.15, -0.1) is 0 Å². The standard InChI is InChI=1S/C13H23NO3/c15-11-7-3-1-2-4-8-12(11)17-13(16)14-9-5-6-10-14/h11-12,15H,1-10H2/t11-,12+/m1/s1. The molecule has 1 aliphatic carbocycles. The fourth-order valence-electron chi connectivity index (χ4n) is 2.67. The lowest BCUT2D eigenvalue weighted by Gasteiger charge is -2.27. The molecule has 0 unspecified atom stereocenters. The molecule has 2 atom stereocenters. The van der Waals surface area contributed by atoms with Gasteiger partial charge in [0.1, 0.15) is 6.10 Å². The van der Waals surface area contributed by atoms with E-state index in [1.54, 1.807) is 4.90 Å². The lowest BCUT2D eigenvalue weighted by molar-refractivity contribution is -0.0218. The molecule has 17 heavy (non-hydrogen) atoms. The third kappa shape index (κ3) is 3.60. The van der Waals surface area contributed by atoms with E-state index in [4.69, 9.17) is 4.74 Å². The number of ether oxygens (including phenoxy) is 1. The summed E-state index contributed by atoms with van der Waals surface area (Å²) in [6.45, 7) is 1.61. The van der Waals surface area contributed by atoms with Crippen molar-refractivity contribution in [3.63, 3.8) is 0 Å². The topological polar surface area (TPSA) is 49.8 Å². The second kappa shape index (κ2) is 6.24. The Balaban J connectivity index is 1.83. The summed E-state index contributed by atoms with van der Waals surface area (Å²) in [5.41, 5.74) is 0. The molecule has 4 heteroatoms. The van der Waals surface area contributed by atoms with E-state index in [-0.39, 0.29) is 12.2 Å². The molecule has 4 nitrogen and oxygen atoms in total. The molecular weight excluding hydrogens is 218 g/mol. The molecule has 0 spiro atoms. The quantitative estimate of drug-likeness (QED) is 0.766. The number of nitrogens with zero attached hydrogens (tertiary/aromatic N) is 1. The zero-order chi connectivity index (χ0) is 12.1. The van der Waals surface area contributed by atoms with Crippen molar-refractivity contribution >= 4 is 6.09 Å². The molecule has 0 bridgehead atoms. The van der Waals surface area contributed by atoms with Gasteiger partial charge in [-0.25, -0.2) is 4.79 Å². The monoisotopic (exact) mass is 241 g/mol. The van der Waals surface area contributed by atoms with Gasteiger partial charge >= 0.3 is 6.09 Å². The fourth-order valence-corrected chi connectivity index (χ4v) is 2.67. The Morgan fingerprint density at radius 2 is 1.65 bits per heavy atom. The van der Waals surface area contributed by atoms with E-state index in [1.807, 2.05) is 0 Å². The Kier molecular flexibility index (Phi) is 4.66. The summed E-state index contributed by atoms with van der Waals surface area (Å²) >= 11 is 0. The second-order valence-corrected chi connectivity index (χ2v) is 5.18. The minimum Gasteiger partial charge on any atom is -0.443 e. The van der Waals surface area contributed by atoms with E-state index in [0.29, 0.717) is 0 Å². The molecular formula is C13H23NO3. The van der Waals surface area contributed by atoms with Crippen molar-refractivity contribution in [1.82, 2.24) is 4.90 Å². The minimum absolute atomic E-state index is 0.230. The first kappa shape index (κ1) is 12.7. The maximum absolute atomic E-state index is 11.8. The molecule has 1 heterocycles. The Bertz CT molecular complexity index is 251. The molecule has 1 saturated heterocycles. The van der Waals surface area contributed by atoms with E-state index in [0.717, 1.165) is 51.6 Å². The summed E-state index contributed by atoms with van der Waals surface area (Å²) in [4.78, 5) is 13.6. The van der Waals surface area contributed by atoms with Gasteiger partial charge < -0.3 is 14.7 Å². The first-order valence-electron chi connectivity index (χ1n) is 6.91. The number of carbonyl (C=O) groups is 1. The number of amides is 1. The van der Waals surface area contributed by atoms with Crippen LogP contribution in [-0.2, 0) is 4.74 Å². The highest BCUT2D eigenvalue weighted by Gasteiger charge is 2.27. The van der Waals surface area contributed by atoms with E-state index in [9.17, 15) is 9.90 Å². The molecule has 1 amide bonds. The zero-order valence-electron chi connectivity index (χ0n) is 10.4. The lowest BCUT2D eigenvalue weighted by Crippen LogP contribution is -2.37. The van der Waals surface area contributed by atoms with Crippen molar-refractivity contribution in [2.45, 2.75) is 63.6 Å². The number of aliphatic hydroxyl groups is 1. The van der Waals surface area contributed by atoms with Crippen LogP contribution < -0.4 is 0 Å². The molecule has 0 aromatic rings. The number of aliphatic hydroxyl groups excluding tert-OH is 1. The van der Waals surface area contributed by atoms with Gasteiger partial charge in [-0.2, -0.15) is 0 Å². The van der Waals surface area contributed by atoms with Gasteiger partial charge in [-0.05, 0) is 32.1 Å². The molecule has 0 radical (unpaired) electrons. The maximum atomic E-state index is 11.8. The van der Waals surface area contributed by atoms with Crippen LogP contribution in [0.5, 0.6) is 0 Å². The third-order valence-corrected chi connectivity index (χ3v) is 3.78. The van der Waals surface area contributed by atoms with Gasteiger partial charge in [0.05, 0.1) is 6.10 Å². The summed E-state index contributed by atoms with van der Waals surface area (Å²) in [7, 11) is 0. The van der Waals surface area contributed by atoms with E-state index in [2.05, 4.69) is 0 Å². The van der Waals surface area contributed by atoms with Gasteiger partial charge in [-0.3, -0.25) is 0 Å². The van der Waals surface area contributed by atoms with Crippen LogP contribution in [0.25, 0.3) is 0 Å². The average molecular weight is 241 g/mol. The Labute approximate surface area is 103 Å². The second-order valence-electron chi connectivity index (χ2n) is 5.18. The van der Waals surface area contributed by atoms with Gasteiger partial charge in [0.15, 0.2) is 0 Å². The van der Waals surface area contributed by atoms with Gasteiger partial charge in [0.25, 0.3) is 0 Å². The fraction of sp³-hybridized carbons (Fsp3) is 0.923. The number of likely N-dealkylation sites (tertiary alicyclic amines) is 1. The van der Waals surface area contributed by atoms with Gasteiger partial charge in [0.2, 0.25) is 0 Å². The summed E-state index contributed by atoms with van der Waals surface area (Å²) in [6, 6.07) is 0. The molecule has 98 valence electrons. The van der Waals surface area contributed by atoms with Crippen LogP contribution in [-0.4, -0.2) is 41.4 Å². The zero-order valence-corrected chi connectivity index (χ0v) is 10.4. The third-order valence-electron chi connectivity index (χ3n) is 3.78. The van der Waals surface area contributed by atoms with Gasteiger partial charge in [0, 0.05) is 13.1 Å². The Morgan fingerprint density at radius 1 is 1.00 bits per heavy atom. The number of hydrogen-bond donors (Lipinski definition) is 1. The summed E-state index contributed by atoms with van der Waals surface area (Å²) in [5, 5.41) is 9.97. The lowest BCUT2D eigenvalue weighted by atomic mass is 9.96. The smallest absolute Gasteiger partial charge is 0.410 e. The summed E-state index contributed by atoms with van der Waals surface area (Å²) in [6.07, 6.45) is 7.18. The molecule has 0 aromatic carbocycles. The van der Waals surface area contributed by atoms with Crippen LogP contribution in [0, 0.1) is 0 Å². The summed E-state index contributed by atoms with van der Waals surface area (Å²) in [5.74, 6) is 0. The van der Waals surface area contributed by atoms with Crippen LogP contribution in [0.2, 0.25) is 0 Å². The minimum atomic E-state index is -0.471. The molecule has 1 N–H and O–H groups in total. The largest absolute Gasteiger partial charge is 0.443 e. The number of carbonyl (C=O) groups excluding carboxylic acids is 1. The highest BCUT2D eigenvalue weighted by Crippen LogP contribution is 2.21. The van der Waals surface area contributed by atoms with E-state index in [1.165, 1.54) is 12.8 Å². The first-order chi connectivity index (χ1) is 8.27. The predicted molar refractivity (Wildman–Crippen MR) is 64.8 cm³/mol. The molecule has 1 aliphatic heterocycles. The van der Waals surface area contributed by atoms with Gasteiger partial charge in [-0.1, -0.05) is 19.3 Å². The normalized spacial score (nSPS) is 30.8. The molecule has 0 aromatic heterocycles. The van der Waals surface area contributed by atoms with Crippen molar-refractivity contribution < 1.29 is 14.6 Å². The van der Waals surface area contributed by atoms with E-state index >= 15 is 0 Å². The molecule has 2 aliphatic rings. The predicted octanol–water partition coefficient (Wildman–Crippen LogP) is 2.30. The highest BCUT2D eigenvalue weighted by atomic mass is 16.6. The number of rotatable bonds is 1. The number of hydrogen-bond acceptors (Lipinski definition) is 3. The summed E-state index contributed by atoms with van der Waals surface area (Å²) < 4.78 is 5.46. The van der Waals surface area contributed by atoms with Crippen LogP contribution in [0.3, 0.4) is 0 Å². The van der Waals surface area contributed by atoms with Crippen molar-refractivity contribution in [2.75, 3.05) is 13.1 Å². The van der Waals surface area contributed by atoms with Crippen molar-refractivity contribution in [2.24, 2.45) is 0 Å². The first-order valence-corrected chi connectivity index (χ1v) is 6.91. The molecule has 2 fully saturated rings. The van der Waals surface area contributed by atoms with Crippen LogP contribution in [0.4, 0.5) is 4.79 Å². The average Bonchev–Trinajstić information content (AvgIpc) is 2.82. The highest BCUT2D eigenvalue weighted by molar-refractivity contribution is 5.68. The van der Waals surface area contributed by atoms with Crippen LogP contribution in [0.15, 0.2) is 0 Å². The van der Waals surface area contributed by atoms with Crippen LogP contribution >= 0.6 is 0 Å². The Morgan fingerprint density at radius 3 is 2.35 bits per heavy atom. The molecule has 2 rings (SSSR count). The SMILES string of the molecule is O=C(O[C@H]1CCCCCC[C@H]1O)N1CCCC1. The van der Waals surface area contributed by atoms with Crippen molar-refractivity contribution in [3.05, 3.63) is 0 Å². The van der Waals surface area contributed by atoms with Crippen molar-refractivity contribution in [1.29, 1.82) is 0 Å². The van der Waals surface area contributed by atoms with E-state index < -0.39 is 6.10 Å². The van der Waals surface area contributed by atoms with Crippen LogP contribution in [0.1, 0.15) is 51.4 Å².